The van der Waals surface area contributed by atoms with Crippen molar-refractivity contribution in [2.24, 2.45) is 0 Å². The van der Waals surface area contributed by atoms with Crippen molar-refractivity contribution in [3.05, 3.63) is 0 Å². The van der Waals surface area contributed by atoms with Gasteiger partial charge in [-0.05, 0) is 6.92 Å². The Bertz CT molecular complexity index is 101. The van der Waals surface area contributed by atoms with Crippen molar-refractivity contribution in [3.8, 4) is 0 Å². The van der Waals surface area contributed by atoms with Gasteiger partial charge >= 0.3 is 8.25 Å². The molecule has 1 N–H and O–H groups in total. The van der Waals surface area contributed by atoms with Crippen molar-refractivity contribution in [1.29, 1.82) is 0 Å². The van der Waals surface area contributed by atoms with Gasteiger partial charge in [0.1, 0.15) is 12.4 Å². The third-order valence-corrected chi connectivity index (χ3v) is 1.05. The van der Waals surface area contributed by atoms with E-state index in [-0.39, 0.29) is 0 Å². The molecule has 0 rings (SSSR count). The zero-order chi connectivity index (χ0) is 6.57. The molecule has 0 bridgehead atoms. The second-order valence-electron chi connectivity index (χ2n) is 1.22. The predicted octanol–water partition coefficient (Wildman–Crippen LogP) is -0.0276. The molecule has 5 heteroatoms. The molecule has 0 aliphatic heterocycles. The summed E-state index contributed by atoms with van der Waals surface area (Å²) in [4.78, 5) is 17.7. The first kappa shape index (κ1) is 7.82. The van der Waals surface area contributed by atoms with E-state index >= 15 is 0 Å². The van der Waals surface area contributed by atoms with Gasteiger partial charge in [-0.3, -0.25) is 4.57 Å². The maximum atomic E-state index is 9.77. The summed E-state index contributed by atoms with van der Waals surface area (Å²) < 4.78 is 13.9. The van der Waals surface area contributed by atoms with E-state index in [4.69, 9.17) is 4.89 Å². The third kappa shape index (κ3) is 3.99. The van der Waals surface area contributed by atoms with Gasteiger partial charge in [0.05, 0.1) is 0 Å². The normalized spacial score (nSPS) is 17.2. The lowest BCUT2D eigenvalue weighted by Gasteiger charge is -1.98. The van der Waals surface area contributed by atoms with E-state index in [9.17, 15) is 9.36 Å². The monoisotopic (exact) mass is 138 g/mol. The molecule has 0 amide bonds. The average Bonchev–Trinajstić information content (AvgIpc) is 1.65. The molecule has 48 valence electrons. The molecule has 0 fully saturated rings. The zero-order valence-electron chi connectivity index (χ0n) is 4.33. The Kier molecular flexibility index (Phi) is 3.69. The number of carbonyl (C=O) groups is 1. The Balaban J connectivity index is 3.38. The summed E-state index contributed by atoms with van der Waals surface area (Å²) in [5, 5.41) is 0. The summed E-state index contributed by atoms with van der Waals surface area (Å²) in [5.41, 5.74) is 0. The molecule has 0 aromatic heterocycles. The SMILES string of the molecule is CC(C=O)O[PH](=O)O. The van der Waals surface area contributed by atoms with Crippen molar-refractivity contribution < 1.29 is 18.8 Å². The van der Waals surface area contributed by atoms with Crippen molar-refractivity contribution in [3.63, 3.8) is 0 Å². The van der Waals surface area contributed by atoms with E-state index in [1.807, 2.05) is 0 Å². The maximum absolute atomic E-state index is 9.77. The number of hydrogen-bond acceptors (Lipinski definition) is 3. The van der Waals surface area contributed by atoms with E-state index in [2.05, 4.69) is 4.52 Å². The van der Waals surface area contributed by atoms with Crippen molar-refractivity contribution in [1.82, 2.24) is 0 Å². The smallest absolute Gasteiger partial charge is 0.317 e. The van der Waals surface area contributed by atoms with E-state index in [1.54, 1.807) is 0 Å². The third-order valence-electron chi connectivity index (χ3n) is 0.478. The highest BCUT2D eigenvalue weighted by Crippen LogP contribution is 2.16. The first-order valence-corrected chi connectivity index (χ1v) is 3.28. The Morgan fingerprint density at radius 1 is 1.88 bits per heavy atom. The first-order valence-electron chi connectivity index (χ1n) is 2.01. The molecule has 4 nitrogen and oxygen atoms in total. The van der Waals surface area contributed by atoms with Crippen molar-refractivity contribution >= 4 is 14.5 Å². The van der Waals surface area contributed by atoms with Crippen LogP contribution in [0.4, 0.5) is 0 Å². The van der Waals surface area contributed by atoms with Crippen LogP contribution in [0.5, 0.6) is 0 Å². The van der Waals surface area contributed by atoms with Crippen LogP contribution in [-0.2, 0) is 13.9 Å². The van der Waals surface area contributed by atoms with Gasteiger partial charge < -0.3 is 14.2 Å². The second-order valence-corrected chi connectivity index (χ2v) is 1.99. The lowest BCUT2D eigenvalue weighted by Crippen LogP contribution is -2.02. The summed E-state index contributed by atoms with van der Waals surface area (Å²) in [6.07, 6.45) is -0.315. The number of carbonyl (C=O) groups excluding carboxylic acids is 1. The zero-order valence-corrected chi connectivity index (χ0v) is 5.33. The number of aldehydes is 1. The van der Waals surface area contributed by atoms with Crippen LogP contribution in [0.1, 0.15) is 6.92 Å². The fourth-order valence-electron chi connectivity index (χ4n) is 0.187. The average molecular weight is 138 g/mol. The van der Waals surface area contributed by atoms with Gasteiger partial charge in [-0.1, -0.05) is 0 Å². The molecular formula is C3H7O4P. The van der Waals surface area contributed by atoms with Gasteiger partial charge in [0, 0.05) is 0 Å². The van der Waals surface area contributed by atoms with Crippen LogP contribution < -0.4 is 0 Å². The summed E-state index contributed by atoms with van der Waals surface area (Å²) in [6.45, 7) is 1.39. The molecule has 0 saturated carbocycles. The van der Waals surface area contributed by atoms with Crippen LogP contribution in [0.25, 0.3) is 0 Å². The van der Waals surface area contributed by atoms with Crippen LogP contribution in [-0.4, -0.2) is 17.3 Å². The van der Waals surface area contributed by atoms with Crippen molar-refractivity contribution in [2.45, 2.75) is 13.0 Å². The molecule has 0 aromatic rings. The quantitative estimate of drug-likeness (QED) is 0.439. The Labute approximate surface area is 47.4 Å². The highest BCUT2D eigenvalue weighted by Gasteiger charge is 1.99. The first-order chi connectivity index (χ1) is 3.66. The Hall–Kier alpha value is -0.180. The molecule has 0 aromatic carbocycles. The van der Waals surface area contributed by atoms with Gasteiger partial charge in [-0.25, -0.2) is 0 Å². The van der Waals surface area contributed by atoms with Crippen molar-refractivity contribution in [2.75, 3.05) is 0 Å². The van der Waals surface area contributed by atoms with Crippen LogP contribution in [0, 0.1) is 0 Å². The molecule has 0 aliphatic rings. The molecule has 8 heavy (non-hydrogen) atoms. The van der Waals surface area contributed by atoms with Gasteiger partial charge in [0.2, 0.25) is 0 Å². The molecule has 2 atom stereocenters. The summed E-state index contributed by atoms with van der Waals surface area (Å²) >= 11 is 0. The van der Waals surface area contributed by atoms with Gasteiger partial charge in [-0.2, -0.15) is 0 Å². The predicted molar refractivity (Wildman–Crippen MR) is 27.8 cm³/mol. The molecule has 0 radical (unpaired) electrons. The fourth-order valence-corrected chi connectivity index (χ4v) is 0.560. The molecule has 2 unspecified atom stereocenters. The maximum Gasteiger partial charge on any atom is 0.317 e. The largest absolute Gasteiger partial charge is 0.326 e. The Morgan fingerprint density at radius 3 is 2.50 bits per heavy atom. The lowest BCUT2D eigenvalue weighted by atomic mass is 10.5. The summed E-state index contributed by atoms with van der Waals surface area (Å²) in [5.74, 6) is 0. The number of rotatable bonds is 3. The highest BCUT2D eigenvalue weighted by atomic mass is 31.1. The molecule has 0 aliphatic carbocycles. The standard InChI is InChI=1S/C3H7O4P/c1-3(2-4)7-8(5)6/h2-3,8H,1H3,(H,5,6). The van der Waals surface area contributed by atoms with E-state index in [0.29, 0.717) is 6.29 Å². The molecular weight excluding hydrogens is 131 g/mol. The minimum Gasteiger partial charge on any atom is -0.326 e. The number of hydrogen-bond donors (Lipinski definition) is 1. The van der Waals surface area contributed by atoms with Crippen LogP contribution in [0.15, 0.2) is 0 Å². The lowest BCUT2D eigenvalue weighted by molar-refractivity contribution is -0.113. The van der Waals surface area contributed by atoms with E-state index in [1.165, 1.54) is 6.92 Å². The van der Waals surface area contributed by atoms with Gasteiger partial charge in [0.15, 0.2) is 0 Å². The van der Waals surface area contributed by atoms with Crippen LogP contribution >= 0.6 is 8.25 Å². The molecule has 0 saturated heterocycles. The van der Waals surface area contributed by atoms with Gasteiger partial charge in [-0.15, -0.1) is 0 Å². The summed E-state index contributed by atoms with van der Waals surface area (Å²) in [6, 6.07) is 0. The minimum atomic E-state index is -2.93. The summed E-state index contributed by atoms with van der Waals surface area (Å²) in [7, 11) is -2.93. The van der Waals surface area contributed by atoms with Crippen LogP contribution in [0.2, 0.25) is 0 Å². The molecule has 0 spiro atoms. The van der Waals surface area contributed by atoms with E-state index in [0.717, 1.165) is 0 Å². The second kappa shape index (κ2) is 3.78. The van der Waals surface area contributed by atoms with Crippen LogP contribution in [0.3, 0.4) is 0 Å². The Morgan fingerprint density at radius 2 is 2.38 bits per heavy atom. The topological polar surface area (TPSA) is 63.6 Å². The fraction of sp³-hybridized carbons (Fsp3) is 0.667. The molecule has 0 heterocycles. The van der Waals surface area contributed by atoms with Gasteiger partial charge in [0.25, 0.3) is 0 Å². The highest BCUT2D eigenvalue weighted by molar-refractivity contribution is 7.32. The minimum absolute atomic E-state index is 0.457. The van der Waals surface area contributed by atoms with E-state index < -0.39 is 14.4 Å².